The third-order valence-corrected chi connectivity index (χ3v) is 6.35. The van der Waals surface area contributed by atoms with Crippen molar-refractivity contribution in [1.82, 2.24) is 14.5 Å². The topological polar surface area (TPSA) is 69.7 Å². The maximum atomic E-state index is 12.5. The molecular formula is C16H31N3O3S. The van der Waals surface area contributed by atoms with Gasteiger partial charge >= 0.3 is 0 Å². The van der Waals surface area contributed by atoms with Gasteiger partial charge in [0.1, 0.15) is 6.04 Å². The molecule has 0 aromatic carbocycles. The smallest absolute Gasteiger partial charge is 0.238 e. The molecule has 2 rings (SSSR count). The number of nitrogens with zero attached hydrogens (tertiary/aromatic N) is 2. The second-order valence-electron chi connectivity index (χ2n) is 7.22. The minimum atomic E-state index is -3.32. The Morgan fingerprint density at radius 2 is 1.96 bits per heavy atom. The van der Waals surface area contributed by atoms with Gasteiger partial charge in [0.25, 0.3) is 0 Å². The van der Waals surface area contributed by atoms with E-state index in [-0.39, 0.29) is 11.9 Å². The Kier molecular flexibility index (Phi) is 6.45. The van der Waals surface area contributed by atoms with Crippen molar-refractivity contribution >= 4 is 15.9 Å². The number of piperidine rings is 2. The summed E-state index contributed by atoms with van der Waals surface area (Å²) >= 11 is 0. The lowest BCUT2D eigenvalue weighted by Crippen LogP contribution is -2.54. The molecule has 0 unspecified atom stereocenters. The average Bonchev–Trinajstić information content (AvgIpc) is 2.51. The highest BCUT2D eigenvalue weighted by atomic mass is 32.2. The van der Waals surface area contributed by atoms with Gasteiger partial charge in [0.15, 0.2) is 0 Å². The summed E-state index contributed by atoms with van der Waals surface area (Å²) < 4.78 is 25.1. The van der Waals surface area contributed by atoms with E-state index in [1.165, 1.54) is 23.4 Å². The highest BCUT2D eigenvalue weighted by Gasteiger charge is 2.34. The molecule has 0 radical (unpaired) electrons. The molecule has 2 aliphatic heterocycles. The Morgan fingerprint density at radius 1 is 1.22 bits per heavy atom. The van der Waals surface area contributed by atoms with Crippen molar-refractivity contribution < 1.29 is 13.2 Å². The van der Waals surface area contributed by atoms with Crippen molar-refractivity contribution in [2.75, 3.05) is 32.4 Å². The number of hydrogen-bond acceptors (Lipinski definition) is 4. The summed E-state index contributed by atoms with van der Waals surface area (Å²) in [5.41, 5.74) is 0. The maximum absolute atomic E-state index is 12.5. The van der Waals surface area contributed by atoms with Crippen LogP contribution in [0.4, 0.5) is 0 Å². The first-order valence-corrected chi connectivity index (χ1v) is 10.6. The van der Waals surface area contributed by atoms with Crippen LogP contribution in [0.25, 0.3) is 0 Å². The van der Waals surface area contributed by atoms with Gasteiger partial charge in [-0.15, -0.1) is 0 Å². The molecular weight excluding hydrogens is 314 g/mol. The van der Waals surface area contributed by atoms with Crippen LogP contribution in [0.15, 0.2) is 0 Å². The number of carbonyl (C=O) groups is 1. The van der Waals surface area contributed by atoms with Crippen molar-refractivity contribution in [3.63, 3.8) is 0 Å². The first kappa shape index (κ1) is 18.7. The van der Waals surface area contributed by atoms with E-state index in [0.717, 1.165) is 25.9 Å². The van der Waals surface area contributed by atoms with E-state index in [1.54, 1.807) is 0 Å². The van der Waals surface area contributed by atoms with Crippen LogP contribution in [-0.4, -0.2) is 68.0 Å². The fourth-order valence-corrected chi connectivity index (χ4v) is 4.81. The first-order valence-electron chi connectivity index (χ1n) is 8.77. The lowest BCUT2D eigenvalue weighted by molar-refractivity contribution is -0.125. The minimum absolute atomic E-state index is 0.146. The molecule has 2 aliphatic rings. The van der Waals surface area contributed by atoms with Gasteiger partial charge < -0.3 is 5.32 Å². The Bertz CT molecular complexity index is 509. The van der Waals surface area contributed by atoms with Crippen LogP contribution in [0.1, 0.15) is 46.0 Å². The predicted molar refractivity (Wildman–Crippen MR) is 91.6 cm³/mol. The first-order chi connectivity index (χ1) is 10.8. The summed E-state index contributed by atoms with van der Waals surface area (Å²) in [6.45, 7) is 7.60. The Labute approximate surface area is 140 Å². The predicted octanol–water partition coefficient (Wildman–Crippen LogP) is 1.04. The second kappa shape index (κ2) is 7.94. The zero-order valence-electron chi connectivity index (χ0n) is 14.6. The van der Waals surface area contributed by atoms with E-state index in [2.05, 4.69) is 24.1 Å². The maximum Gasteiger partial charge on any atom is 0.238 e. The summed E-state index contributed by atoms with van der Waals surface area (Å²) in [7, 11) is -3.32. The number of hydrogen-bond donors (Lipinski definition) is 1. The molecule has 3 atom stereocenters. The molecule has 7 heteroatoms. The molecule has 2 fully saturated rings. The van der Waals surface area contributed by atoms with Crippen molar-refractivity contribution in [1.29, 1.82) is 0 Å². The van der Waals surface area contributed by atoms with Crippen LogP contribution < -0.4 is 5.32 Å². The van der Waals surface area contributed by atoms with Crippen LogP contribution in [0.3, 0.4) is 0 Å². The summed E-state index contributed by atoms with van der Waals surface area (Å²) in [6, 6.07) is -0.247. The van der Waals surface area contributed by atoms with Crippen molar-refractivity contribution in [3.05, 3.63) is 0 Å². The third-order valence-electron chi connectivity index (χ3n) is 5.07. The largest absolute Gasteiger partial charge is 0.353 e. The molecule has 2 heterocycles. The molecule has 0 aromatic rings. The minimum Gasteiger partial charge on any atom is -0.353 e. The van der Waals surface area contributed by atoms with Gasteiger partial charge in [-0.2, -0.15) is 4.31 Å². The summed E-state index contributed by atoms with van der Waals surface area (Å²) in [5.74, 6) is 0.563. The molecule has 23 heavy (non-hydrogen) atoms. The Morgan fingerprint density at radius 3 is 2.61 bits per heavy atom. The summed E-state index contributed by atoms with van der Waals surface area (Å²) in [6.07, 6.45) is 6.04. The standard InChI is InChI=1S/C16H31N3O3S/c1-13-7-6-9-18(12-13)14(2)11-17-16(20)15-8-4-5-10-19(15)23(3,21)22/h13-15H,4-12H2,1-3H3,(H,17,20)/t13-,14+,15-/m1/s1. The number of amides is 1. The molecule has 0 aliphatic carbocycles. The fraction of sp³-hybridized carbons (Fsp3) is 0.938. The molecule has 6 nitrogen and oxygen atoms in total. The van der Waals surface area contributed by atoms with E-state index in [4.69, 9.17) is 0 Å². The molecule has 1 amide bonds. The fourth-order valence-electron chi connectivity index (χ4n) is 3.69. The summed E-state index contributed by atoms with van der Waals surface area (Å²) in [5, 5.41) is 2.98. The molecule has 0 spiro atoms. The van der Waals surface area contributed by atoms with Gasteiger partial charge in [-0.1, -0.05) is 13.3 Å². The quantitative estimate of drug-likeness (QED) is 0.808. The zero-order valence-corrected chi connectivity index (χ0v) is 15.4. The molecule has 0 saturated carbocycles. The third kappa shape index (κ3) is 5.16. The molecule has 0 aromatic heterocycles. The van der Waals surface area contributed by atoms with Gasteiger partial charge in [0.2, 0.25) is 15.9 Å². The van der Waals surface area contributed by atoms with Crippen LogP contribution in [-0.2, 0) is 14.8 Å². The SMILES string of the molecule is C[C@@H]1CCCN([C@@H](C)CNC(=O)[C@H]2CCCCN2S(C)(=O)=O)C1. The van der Waals surface area contributed by atoms with Gasteiger partial charge in [0, 0.05) is 25.7 Å². The molecule has 134 valence electrons. The second-order valence-corrected chi connectivity index (χ2v) is 9.16. The van der Waals surface area contributed by atoms with E-state index >= 15 is 0 Å². The Hall–Kier alpha value is -0.660. The van der Waals surface area contributed by atoms with Crippen molar-refractivity contribution in [3.8, 4) is 0 Å². The number of nitrogens with one attached hydrogen (secondary N) is 1. The van der Waals surface area contributed by atoms with Crippen LogP contribution in [0.2, 0.25) is 0 Å². The van der Waals surface area contributed by atoms with Gasteiger partial charge in [0.05, 0.1) is 6.26 Å². The van der Waals surface area contributed by atoms with Crippen molar-refractivity contribution in [2.24, 2.45) is 5.92 Å². The summed E-state index contributed by atoms with van der Waals surface area (Å²) in [4.78, 5) is 14.9. The van der Waals surface area contributed by atoms with Crippen molar-refractivity contribution in [2.45, 2.75) is 58.0 Å². The van der Waals surface area contributed by atoms with Crippen LogP contribution >= 0.6 is 0 Å². The highest BCUT2D eigenvalue weighted by molar-refractivity contribution is 7.88. The molecule has 1 N–H and O–H groups in total. The average molecular weight is 346 g/mol. The zero-order chi connectivity index (χ0) is 17.0. The van der Waals surface area contributed by atoms with Crippen LogP contribution in [0.5, 0.6) is 0 Å². The number of sulfonamides is 1. The van der Waals surface area contributed by atoms with E-state index in [9.17, 15) is 13.2 Å². The van der Waals surface area contributed by atoms with E-state index in [0.29, 0.717) is 25.4 Å². The monoisotopic (exact) mass is 345 g/mol. The van der Waals surface area contributed by atoms with E-state index < -0.39 is 16.1 Å². The lowest BCUT2D eigenvalue weighted by atomic mass is 9.99. The normalized spacial score (nSPS) is 29.2. The van der Waals surface area contributed by atoms with Crippen LogP contribution in [0, 0.1) is 5.92 Å². The molecule has 2 saturated heterocycles. The Balaban J connectivity index is 1.87. The lowest BCUT2D eigenvalue weighted by Gasteiger charge is -2.36. The highest BCUT2D eigenvalue weighted by Crippen LogP contribution is 2.20. The van der Waals surface area contributed by atoms with Gasteiger partial charge in [-0.3, -0.25) is 9.69 Å². The van der Waals surface area contributed by atoms with Gasteiger partial charge in [-0.25, -0.2) is 8.42 Å². The number of likely N-dealkylation sites (tertiary alicyclic amines) is 1. The number of rotatable bonds is 5. The van der Waals surface area contributed by atoms with E-state index in [1.807, 2.05) is 0 Å². The number of carbonyl (C=O) groups excluding carboxylic acids is 1. The molecule has 0 bridgehead atoms. The van der Waals surface area contributed by atoms with Gasteiger partial charge in [-0.05, 0) is 45.1 Å².